The van der Waals surface area contributed by atoms with Gasteiger partial charge in [-0.2, -0.15) is 0 Å². The summed E-state index contributed by atoms with van der Waals surface area (Å²) in [5.41, 5.74) is 2.69. The first-order valence-corrected chi connectivity index (χ1v) is 6.66. The molecule has 1 aromatic carbocycles. The Morgan fingerprint density at radius 2 is 1.93 bits per heavy atom. The molecule has 0 amide bonds. The van der Waals surface area contributed by atoms with Crippen molar-refractivity contribution < 1.29 is 0 Å². The number of hydrogen-bond acceptors (Lipinski definition) is 2. The molecule has 0 aliphatic rings. The van der Waals surface area contributed by atoms with Gasteiger partial charge in [-0.3, -0.25) is 4.72 Å². The van der Waals surface area contributed by atoms with Crippen molar-refractivity contribution in [3.05, 3.63) is 35.4 Å². The molecule has 0 bridgehead atoms. The lowest BCUT2D eigenvalue weighted by molar-refractivity contribution is 0.751. The monoisotopic (exact) mass is 223 g/mol. The molecule has 1 atom stereocenters. The molecule has 0 saturated carbocycles. The lowest BCUT2D eigenvalue weighted by Gasteiger charge is -2.13. The van der Waals surface area contributed by atoms with Crippen LogP contribution >= 0.6 is 11.9 Å². The maximum atomic E-state index is 3.47. The van der Waals surface area contributed by atoms with E-state index < -0.39 is 0 Å². The van der Waals surface area contributed by atoms with E-state index >= 15 is 0 Å². The van der Waals surface area contributed by atoms with Crippen molar-refractivity contribution in [3.63, 3.8) is 0 Å². The molecular formula is C13H21NS. The van der Waals surface area contributed by atoms with Gasteiger partial charge in [-0.25, -0.2) is 0 Å². The molecular weight excluding hydrogens is 202 g/mol. The van der Waals surface area contributed by atoms with Gasteiger partial charge in [-0.05, 0) is 25.8 Å². The Morgan fingerprint density at radius 1 is 1.27 bits per heavy atom. The lowest BCUT2D eigenvalue weighted by Crippen LogP contribution is -2.10. The summed E-state index contributed by atoms with van der Waals surface area (Å²) in [4.78, 5) is 0. The first-order chi connectivity index (χ1) is 7.24. The number of aryl methyl sites for hydroxylation is 1. The second-order valence-corrected chi connectivity index (χ2v) is 4.88. The van der Waals surface area contributed by atoms with Crippen molar-refractivity contribution in [2.24, 2.45) is 0 Å². The van der Waals surface area contributed by atoms with Gasteiger partial charge >= 0.3 is 0 Å². The van der Waals surface area contributed by atoms with E-state index in [2.05, 4.69) is 49.8 Å². The fourth-order valence-electron chi connectivity index (χ4n) is 1.32. The van der Waals surface area contributed by atoms with Gasteiger partial charge in [-0.1, -0.05) is 55.1 Å². The van der Waals surface area contributed by atoms with Crippen LogP contribution in [0.25, 0.3) is 0 Å². The highest BCUT2D eigenvalue weighted by atomic mass is 32.2. The Kier molecular flexibility index (Phi) is 5.81. The molecule has 15 heavy (non-hydrogen) atoms. The van der Waals surface area contributed by atoms with Gasteiger partial charge < -0.3 is 0 Å². The Bertz CT molecular complexity index is 268. The third-order valence-electron chi connectivity index (χ3n) is 2.44. The van der Waals surface area contributed by atoms with Crippen molar-refractivity contribution in [2.45, 2.75) is 39.7 Å². The summed E-state index contributed by atoms with van der Waals surface area (Å²) in [6, 6.07) is 9.18. The van der Waals surface area contributed by atoms with Gasteiger partial charge in [-0.15, -0.1) is 0 Å². The highest BCUT2D eigenvalue weighted by Crippen LogP contribution is 2.16. The van der Waals surface area contributed by atoms with Crippen LogP contribution in [0, 0.1) is 6.92 Å². The predicted molar refractivity (Wildman–Crippen MR) is 70.1 cm³/mol. The van der Waals surface area contributed by atoms with E-state index in [4.69, 9.17) is 0 Å². The summed E-state index contributed by atoms with van der Waals surface area (Å²) in [5, 5.41) is 0. The third-order valence-corrected chi connectivity index (χ3v) is 3.45. The molecule has 0 saturated heterocycles. The van der Waals surface area contributed by atoms with Crippen LogP contribution in [-0.2, 0) is 0 Å². The highest BCUT2D eigenvalue weighted by molar-refractivity contribution is 7.97. The van der Waals surface area contributed by atoms with Gasteiger partial charge in [0.15, 0.2) is 0 Å². The van der Waals surface area contributed by atoms with Crippen LogP contribution in [0.1, 0.15) is 43.9 Å². The molecule has 0 fully saturated rings. The van der Waals surface area contributed by atoms with Crippen LogP contribution in [0.5, 0.6) is 0 Å². The summed E-state index contributed by atoms with van der Waals surface area (Å²) in [6.07, 6.45) is 2.56. The smallest absolute Gasteiger partial charge is 0.0393 e. The SMILES string of the molecule is CCCCSN[C@@H](C)c1ccc(C)cc1. The molecule has 0 aliphatic heterocycles. The normalized spacial score (nSPS) is 12.7. The molecule has 1 N–H and O–H groups in total. The topological polar surface area (TPSA) is 12.0 Å². The van der Waals surface area contributed by atoms with E-state index in [9.17, 15) is 0 Å². The number of hydrogen-bond donors (Lipinski definition) is 1. The minimum atomic E-state index is 0.437. The molecule has 0 unspecified atom stereocenters. The first kappa shape index (κ1) is 12.6. The van der Waals surface area contributed by atoms with E-state index in [1.807, 2.05) is 11.9 Å². The zero-order chi connectivity index (χ0) is 11.1. The third kappa shape index (κ3) is 4.72. The first-order valence-electron chi connectivity index (χ1n) is 5.68. The molecule has 1 nitrogen and oxygen atoms in total. The zero-order valence-electron chi connectivity index (χ0n) is 9.92. The zero-order valence-corrected chi connectivity index (χ0v) is 10.7. The van der Waals surface area contributed by atoms with Crippen LogP contribution in [-0.4, -0.2) is 5.75 Å². The molecule has 2 heteroatoms. The minimum Gasteiger partial charge on any atom is -0.257 e. The molecule has 1 aromatic rings. The summed E-state index contributed by atoms with van der Waals surface area (Å²) >= 11 is 1.83. The maximum Gasteiger partial charge on any atom is 0.0393 e. The standard InChI is InChI=1S/C13H21NS/c1-4-5-10-15-14-12(3)13-8-6-11(2)7-9-13/h6-9,12,14H,4-5,10H2,1-3H3/t12-/m0/s1. The molecule has 0 heterocycles. The Morgan fingerprint density at radius 3 is 2.53 bits per heavy atom. The van der Waals surface area contributed by atoms with E-state index in [0.717, 1.165) is 0 Å². The van der Waals surface area contributed by atoms with Crippen molar-refractivity contribution >= 4 is 11.9 Å². The van der Waals surface area contributed by atoms with Gasteiger partial charge in [0.1, 0.15) is 0 Å². The predicted octanol–water partition coefficient (Wildman–Crippen LogP) is 4.09. The van der Waals surface area contributed by atoms with Crippen LogP contribution in [0.15, 0.2) is 24.3 Å². The average Bonchev–Trinajstić information content (AvgIpc) is 2.25. The van der Waals surface area contributed by atoms with Crippen molar-refractivity contribution in [1.29, 1.82) is 0 Å². The quantitative estimate of drug-likeness (QED) is 0.576. The van der Waals surface area contributed by atoms with E-state index in [-0.39, 0.29) is 0 Å². The van der Waals surface area contributed by atoms with Crippen LogP contribution in [0.4, 0.5) is 0 Å². The number of unbranched alkanes of at least 4 members (excludes halogenated alkanes) is 1. The Balaban J connectivity index is 2.33. The molecule has 1 rings (SSSR count). The highest BCUT2D eigenvalue weighted by Gasteiger charge is 2.03. The molecule has 0 aliphatic carbocycles. The van der Waals surface area contributed by atoms with Crippen LogP contribution in [0.3, 0.4) is 0 Å². The number of rotatable bonds is 6. The van der Waals surface area contributed by atoms with Crippen LogP contribution in [0.2, 0.25) is 0 Å². The minimum absolute atomic E-state index is 0.437. The second kappa shape index (κ2) is 6.91. The lowest BCUT2D eigenvalue weighted by atomic mass is 10.1. The molecule has 0 aromatic heterocycles. The second-order valence-electron chi connectivity index (χ2n) is 3.95. The number of benzene rings is 1. The summed E-state index contributed by atoms with van der Waals surface area (Å²) < 4.78 is 3.47. The molecule has 84 valence electrons. The van der Waals surface area contributed by atoms with E-state index in [0.29, 0.717) is 6.04 Å². The van der Waals surface area contributed by atoms with E-state index in [1.54, 1.807) is 0 Å². The fraction of sp³-hybridized carbons (Fsp3) is 0.538. The van der Waals surface area contributed by atoms with Gasteiger partial charge in [0, 0.05) is 11.8 Å². The fourth-order valence-corrected chi connectivity index (χ4v) is 2.26. The summed E-state index contributed by atoms with van der Waals surface area (Å²) in [7, 11) is 0. The summed E-state index contributed by atoms with van der Waals surface area (Å²) in [5.74, 6) is 1.20. The van der Waals surface area contributed by atoms with Gasteiger partial charge in [0.2, 0.25) is 0 Å². The average molecular weight is 223 g/mol. The molecule has 0 spiro atoms. The summed E-state index contributed by atoms with van der Waals surface area (Å²) in [6.45, 7) is 6.56. The van der Waals surface area contributed by atoms with Crippen molar-refractivity contribution in [3.8, 4) is 0 Å². The molecule has 0 radical (unpaired) electrons. The number of nitrogens with one attached hydrogen (secondary N) is 1. The Labute approximate surface area is 97.8 Å². The Hall–Kier alpha value is -0.470. The largest absolute Gasteiger partial charge is 0.257 e. The van der Waals surface area contributed by atoms with Crippen molar-refractivity contribution in [2.75, 3.05) is 5.75 Å². The maximum absolute atomic E-state index is 3.47. The van der Waals surface area contributed by atoms with E-state index in [1.165, 1.54) is 29.7 Å². The van der Waals surface area contributed by atoms with Crippen molar-refractivity contribution in [1.82, 2.24) is 4.72 Å². The van der Waals surface area contributed by atoms with Gasteiger partial charge in [0.05, 0.1) is 0 Å². The van der Waals surface area contributed by atoms with Crippen LogP contribution < -0.4 is 4.72 Å². The van der Waals surface area contributed by atoms with Gasteiger partial charge in [0.25, 0.3) is 0 Å².